The molecule has 2 aliphatic rings. The lowest BCUT2D eigenvalue weighted by atomic mass is 9.73. The van der Waals surface area contributed by atoms with E-state index in [0.717, 1.165) is 11.8 Å². The third-order valence-electron chi connectivity index (χ3n) is 4.23. The lowest BCUT2D eigenvalue weighted by Crippen LogP contribution is -2.43. The monoisotopic (exact) mass is 256 g/mol. The molecule has 0 aliphatic heterocycles. The van der Waals surface area contributed by atoms with Gasteiger partial charge in [-0.1, -0.05) is 64.2 Å². The molecular formula is C13H28N4O. The largest absolute Gasteiger partial charge is 0.343 e. The second kappa shape index (κ2) is 9.16. The molecule has 0 aromatic heterocycles. The summed E-state index contributed by atoms with van der Waals surface area (Å²) in [5.41, 5.74) is 3.48. The minimum atomic E-state index is -0.602. The van der Waals surface area contributed by atoms with Crippen molar-refractivity contribution in [3.8, 4) is 0 Å². The van der Waals surface area contributed by atoms with Gasteiger partial charge in [0.15, 0.2) is 0 Å². The molecule has 5 heteroatoms. The number of amides is 2. The molecule has 2 amide bonds. The number of hydrazine groups is 2. The molecule has 2 aliphatic carbocycles. The molecule has 2 rings (SSSR count). The number of hydrogen-bond donors (Lipinski definition) is 4. The van der Waals surface area contributed by atoms with Crippen molar-refractivity contribution in [1.29, 1.82) is 0 Å². The first kappa shape index (κ1) is 15.2. The van der Waals surface area contributed by atoms with Gasteiger partial charge in [-0.05, 0) is 11.8 Å². The highest BCUT2D eigenvalue weighted by Crippen LogP contribution is 2.37. The summed E-state index contributed by atoms with van der Waals surface area (Å²) in [6.45, 7) is 0. The lowest BCUT2D eigenvalue weighted by molar-refractivity contribution is 0.196. The van der Waals surface area contributed by atoms with Crippen LogP contribution < -0.4 is 22.5 Å². The van der Waals surface area contributed by atoms with Crippen LogP contribution in [0.4, 0.5) is 4.79 Å². The second-order valence-corrected chi connectivity index (χ2v) is 5.41. The molecule has 0 radical (unpaired) electrons. The molecule has 2 saturated carbocycles. The van der Waals surface area contributed by atoms with Crippen molar-refractivity contribution < 1.29 is 4.79 Å². The Morgan fingerprint density at radius 2 is 1.06 bits per heavy atom. The van der Waals surface area contributed by atoms with Gasteiger partial charge in [0.2, 0.25) is 0 Å². The minimum absolute atomic E-state index is 0.602. The van der Waals surface area contributed by atoms with Crippen LogP contribution in [-0.2, 0) is 0 Å². The number of nitrogens with two attached hydrogens (primary N) is 2. The Labute approximate surface area is 110 Å². The van der Waals surface area contributed by atoms with Crippen LogP contribution >= 0.6 is 0 Å². The first-order valence-electron chi connectivity index (χ1n) is 7.25. The van der Waals surface area contributed by atoms with Gasteiger partial charge in [-0.15, -0.1) is 0 Å². The van der Waals surface area contributed by atoms with Gasteiger partial charge in [-0.25, -0.2) is 16.5 Å². The maximum absolute atomic E-state index is 9.71. The molecule has 106 valence electrons. The van der Waals surface area contributed by atoms with E-state index in [-0.39, 0.29) is 0 Å². The summed E-state index contributed by atoms with van der Waals surface area (Å²) >= 11 is 0. The minimum Gasteiger partial charge on any atom is -0.275 e. The van der Waals surface area contributed by atoms with E-state index in [1.807, 2.05) is 0 Å². The van der Waals surface area contributed by atoms with Gasteiger partial charge in [0.05, 0.1) is 0 Å². The Hall–Kier alpha value is -0.810. The Morgan fingerprint density at radius 3 is 1.28 bits per heavy atom. The molecule has 0 spiro atoms. The van der Waals surface area contributed by atoms with Gasteiger partial charge in [-0.3, -0.25) is 10.9 Å². The summed E-state index contributed by atoms with van der Waals surface area (Å²) in [6, 6.07) is -0.602. The summed E-state index contributed by atoms with van der Waals surface area (Å²) < 4.78 is 0. The lowest BCUT2D eigenvalue weighted by Gasteiger charge is -2.32. The average Bonchev–Trinajstić information content (AvgIpc) is 2.49. The first-order valence-corrected chi connectivity index (χ1v) is 7.25. The molecule has 0 heterocycles. The van der Waals surface area contributed by atoms with Gasteiger partial charge < -0.3 is 0 Å². The number of hydrogen-bond acceptors (Lipinski definition) is 3. The van der Waals surface area contributed by atoms with Crippen molar-refractivity contribution in [2.75, 3.05) is 0 Å². The highest BCUT2D eigenvalue weighted by Gasteiger charge is 2.24. The van der Waals surface area contributed by atoms with Crippen molar-refractivity contribution in [2.45, 2.75) is 64.2 Å². The molecule has 0 saturated heterocycles. The fourth-order valence-electron chi connectivity index (χ4n) is 3.25. The van der Waals surface area contributed by atoms with Gasteiger partial charge >= 0.3 is 6.03 Å². The summed E-state index contributed by atoms with van der Waals surface area (Å²) in [7, 11) is 0. The number of carbonyl (C=O) groups is 1. The highest BCUT2D eigenvalue weighted by molar-refractivity contribution is 5.72. The molecule has 5 nitrogen and oxygen atoms in total. The molecule has 18 heavy (non-hydrogen) atoms. The smallest absolute Gasteiger partial charge is 0.275 e. The van der Waals surface area contributed by atoms with E-state index in [1.165, 1.54) is 38.5 Å². The zero-order valence-corrected chi connectivity index (χ0v) is 11.3. The van der Waals surface area contributed by atoms with E-state index >= 15 is 0 Å². The average molecular weight is 256 g/mol. The molecule has 0 aromatic carbocycles. The fourth-order valence-corrected chi connectivity index (χ4v) is 3.25. The van der Waals surface area contributed by atoms with Gasteiger partial charge in [-0.2, -0.15) is 0 Å². The summed E-state index contributed by atoms with van der Waals surface area (Å²) in [6.07, 6.45) is 15.4. The number of nitrogens with one attached hydrogen (secondary N) is 2. The number of rotatable bonds is 1. The van der Waals surface area contributed by atoms with Crippen molar-refractivity contribution in [3.63, 3.8) is 0 Å². The van der Waals surface area contributed by atoms with Crippen molar-refractivity contribution >= 4 is 6.03 Å². The van der Waals surface area contributed by atoms with Gasteiger partial charge in [0.1, 0.15) is 0 Å². The Bertz CT molecular complexity index is 201. The van der Waals surface area contributed by atoms with Gasteiger partial charge in [0.25, 0.3) is 0 Å². The Balaban J connectivity index is 0.000000232. The quantitative estimate of drug-likeness (QED) is 0.329. The van der Waals surface area contributed by atoms with Crippen molar-refractivity contribution in [1.82, 2.24) is 10.9 Å². The van der Waals surface area contributed by atoms with E-state index < -0.39 is 6.03 Å². The maximum Gasteiger partial charge on any atom is 0.343 e. The second-order valence-electron chi connectivity index (χ2n) is 5.41. The maximum atomic E-state index is 9.71. The van der Waals surface area contributed by atoms with Crippen LogP contribution in [0, 0.1) is 11.8 Å². The molecule has 0 aromatic rings. The van der Waals surface area contributed by atoms with E-state index in [2.05, 4.69) is 11.7 Å². The molecular weight excluding hydrogens is 228 g/mol. The normalized spacial score (nSPS) is 21.7. The highest BCUT2D eigenvalue weighted by atomic mass is 16.2. The molecule has 0 atom stereocenters. The zero-order chi connectivity index (χ0) is 13.2. The number of urea groups is 1. The van der Waals surface area contributed by atoms with E-state index in [1.54, 1.807) is 36.5 Å². The topological polar surface area (TPSA) is 93.2 Å². The van der Waals surface area contributed by atoms with Crippen LogP contribution in [0.15, 0.2) is 0 Å². The van der Waals surface area contributed by atoms with Crippen molar-refractivity contribution in [3.05, 3.63) is 0 Å². The third-order valence-corrected chi connectivity index (χ3v) is 4.23. The molecule has 6 N–H and O–H groups in total. The Kier molecular flexibility index (Phi) is 7.76. The molecule has 0 unspecified atom stereocenters. The van der Waals surface area contributed by atoms with Crippen LogP contribution in [-0.4, -0.2) is 6.03 Å². The number of carbonyl (C=O) groups excluding carboxylic acids is 1. The van der Waals surface area contributed by atoms with Crippen LogP contribution in [0.3, 0.4) is 0 Å². The summed E-state index contributed by atoms with van der Waals surface area (Å²) in [5, 5.41) is 0. The Morgan fingerprint density at radius 1 is 0.722 bits per heavy atom. The van der Waals surface area contributed by atoms with Crippen molar-refractivity contribution in [2.24, 2.45) is 23.5 Å². The third kappa shape index (κ3) is 5.69. The molecule has 2 fully saturated rings. The van der Waals surface area contributed by atoms with E-state index in [0.29, 0.717) is 0 Å². The first-order chi connectivity index (χ1) is 8.77. The van der Waals surface area contributed by atoms with E-state index in [4.69, 9.17) is 0 Å². The van der Waals surface area contributed by atoms with Crippen LogP contribution in [0.5, 0.6) is 0 Å². The predicted molar refractivity (Wildman–Crippen MR) is 73.2 cm³/mol. The van der Waals surface area contributed by atoms with Crippen LogP contribution in [0.25, 0.3) is 0 Å². The fraction of sp³-hybridized carbons (Fsp3) is 0.923. The van der Waals surface area contributed by atoms with Crippen LogP contribution in [0.1, 0.15) is 64.2 Å². The standard InChI is InChI=1S/C12H22.CH6N4O/c1-3-7-11(8-4-1)12-9-5-2-6-10-12;2-4-1(6)5-3/h11-12H,1-10H2;2-3H2,(H2,4,5,6). The SMILES string of the molecule is C1CCC(C2CCCCC2)CC1.NNC(=O)NN. The predicted octanol–water partition coefficient (Wildman–Crippen LogP) is 2.18. The van der Waals surface area contributed by atoms with E-state index in [9.17, 15) is 4.79 Å². The summed E-state index contributed by atoms with van der Waals surface area (Å²) in [4.78, 5) is 9.71. The van der Waals surface area contributed by atoms with Gasteiger partial charge in [0, 0.05) is 0 Å². The van der Waals surface area contributed by atoms with Crippen LogP contribution in [0.2, 0.25) is 0 Å². The zero-order valence-electron chi connectivity index (χ0n) is 11.3. The molecule has 0 bridgehead atoms. The summed E-state index contributed by atoms with van der Waals surface area (Å²) in [5.74, 6) is 11.4.